The van der Waals surface area contributed by atoms with Crippen LogP contribution in [0.5, 0.6) is 0 Å². The van der Waals surface area contributed by atoms with Gasteiger partial charge in [-0.15, -0.1) is 0 Å². The minimum atomic E-state index is -1.76. The Labute approximate surface area is 55.9 Å². The van der Waals surface area contributed by atoms with Crippen LogP contribution < -0.4 is 0 Å². The van der Waals surface area contributed by atoms with E-state index in [0.717, 1.165) is 25.7 Å². The van der Waals surface area contributed by atoms with Crippen molar-refractivity contribution in [2.24, 2.45) is 0 Å². The lowest BCUT2D eigenvalue weighted by Gasteiger charge is -1.93. The molecule has 0 aromatic carbocycles. The third kappa shape index (κ3) is 5.96. The summed E-state index contributed by atoms with van der Waals surface area (Å²) in [5, 5.41) is 8.41. The molecular formula is C7H16O. The van der Waals surface area contributed by atoms with Crippen LogP contribution in [0.4, 0.5) is 0 Å². The van der Waals surface area contributed by atoms with Crippen molar-refractivity contribution in [3.63, 3.8) is 0 Å². The van der Waals surface area contributed by atoms with Crippen molar-refractivity contribution in [1.82, 2.24) is 0 Å². The Bertz CT molecular complexity index is 90.2. The molecule has 50 valence electrons. The van der Waals surface area contributed by atoms with Crippen molar-refractivity contribution >= 4 is 0 Å². The van der Waals surface area contributed by atoms with Crippen molar-refractivity contribution in [1.29, 1.82) is 0 Å². The van der Waals surface area contributed by atoms with Gasteiger partial charge in [0, 0.05) is 10.7 Å². The lowest BCUT2D eigenvalue weighted by Crippen LogP contribution is -1.81. The predicted molar refractivity (Wildman–Crippen MR) is 35.8 cm³/mol. The van der Waals surface area contributed by atoms with Crippen molar-refractivity contribution in [3.05, 3.63) is 0 Å². The van der Waals surface area contributed by atoms with Gasteiger partial charge in [0.2, 0.25) is 0 Å². The zero-order valence-electron chi connectivity index (χ0n) is 8.19. The van der Waals surface area contributed by atoms with Crippen LogP contribution in [-0.2, 0) is 0 Å². The van der Waals surface area contributed by atoms with E-state index in [4.69, 9.17) is 9.22 Å². The Hall–Kier alpha value is -0.0400. The molecule has 0 bridgehead atoms. The highest BCUT2D eigenvalue weighted by atomic mass is 16.2. The molecule has 0 aliphatic heterocycles. The summed E-state index contributed by atoms with van der Waals surface area (Å²) in [6.45, 7) is -1.55. The molecule has 0 spiro atoms. The van der Waals surface area contributed by atoms with Gasteiger partial charge in [-0.3, -0.25) is 0 Å². The fourth-order valence-electron chi connectivity index (χ4n) is 0.590. The molecule has 0 radical (unpaired) electrons. The first-order valence-electron chi connectivity index (χ1n) is 4.67. The minimum absolute atomic E-state index is 0.216. The number of aliphatic hydroxyl groups excluding tert-OH is 1. The second-order valence-electron chi connectivity index (χ2n) is 1.89. The topological polar surface area (TPSA) is 20.2 Å². The molecule has 0 fully saturated rings. The highest BCUT2D eigenvalue weighted by Crippen LogP contribution is 2.00. The number of rotatable bonds is 5. The van der Waals surface area contributed by atoms with Crippen LogP contribution in [0.25, 0.3) is 0 Å². The molecule has 1 N–H and O–H groups in total. The summed E-state index contributed by atoms with van der Waals surface area (Å²) in [6, 6.07) is 0. The third-order valence-corrected chi connectivity index (χ3v) is 1.08. The standard InChI is InChI=1S/C7H16O/c1-2-3-4-5-6-7-8/h8H,2-7H2,1H3/i1D3. The maximum atomic E-state index is 8.41. The molecule has 0 aromatic rings. The lowest BCUT2D eigenvalue weighted by atomic mass is 10.2. The quantitative estimate of drug-likeness (QED) is 0.548. The second-order valence-corrected chi connectivity index (χ2v) is 1.89. The second kappa shape index (κ2) is 6.96. The van der Waals surface area contributed by atoms with Crippen LogP contribution in [0.15, 0.2) is 0 Å². The molecule has 0 saturated heterocycles. The SMILES string of the molecule is [2H]C([2H])([2H])CCCCCCO. The zero-order chi connectivity index (χ0) is 8.74. The van der Waals surface area contributed by atoms with Gasteiger partial charge in [-0.05, 0) is 6.42 Å². The zero-order valence-corrected chi connectivity index (χ0v) is 5.19. The molecule has 0 aromatic heterocycles. The van der Waals surface area contributed by atoms with Crippen LogP contribution in [0.1, 0.15) is 43.1 Å². The summed E-state index contributed by atoms with van der Waals surface area (Å²) in [5.41, 5.74) is 0. The monoisotopic (exact) mass is 119 g/mol. The van der Waals surface area contributed by atoms with E-state index in [-0.39, 0.29) is 6.61 Å². The van der Waals surface area contributed by atoms with Crippen LogP contribution in [0.2, 0.25) is 0 Å². The van der Waals surface area contributed by atoms with E-state index in [0.29, 0.717) is 6.42 Å². The molecule has 0 rings (SSSR count). The van der Waals surface area contributed by atoms with E-state index in [2.05, 4.69) is 0 Å². The molecule has 1 nitrogen and oxygen atoms in total. The maximum Gasteiger partial charge on any atom is 0.0431 e. The Morgan fingerprint density at radius 3 is 2.62 bits per heavy atom. The highest BCUT2D eigenvalue weighted by molar-refractivity contribution is 4.39. The van der Waals surface area contributed by atoms with E-state index in [1.54, 1.807) is 0 Å². The van der Waals surface area contributed by atoms with Gasteiger partial charge in [-0.25, -0.2) is 0 Å². The predicted octanol–water partition coefficient (Wildman–Crippen LogP) is 1.95. The number of hydrogen-bond donors (Lipinski definition) is 1. The van der Waals surface area contributed by atoms with E-state index >= 15 is 0 Å². The lowest BCUT2D eigenvalue weighted by molar-refractivity contribution is 0.282. The fraction of sp³-hybridized carbons (Fsp3) is 1.00. The third-order valence-electron chi connectivity index (χ3n) is 1.08. The van der Waals surface area contributed by atoms with Gasteiger partial charge in [0.25, 0.3) is 0 Å². The molecule has 0 atom stereocenters. The van der Waals surface area contributed by atoms with E-state index in [9.17, 15) is 0 Å². The summed E-state index contributed by atoms with van der Waals surface area (Å²) in [5.74, 6) is 0. The Morgan fingerprint density at radius 2 is 2.00 bits per heavy atom. The molecule has 0 aliphatic carbocycles. The smallest absolute Gasteiger partial charge is 0.0431 e. The average Bonchev–Trinajstić information content (AvgIpc) is 1.85. The summed E-state index contributed by atoms with van der Waals surface area (Å²) < 4.78 is 20.7. The molecule has 0 aliphatic rings. The van der Waals surface area contributed by atoms with Gasteiger partial charge < -0.3 is 5.11 Å². The van der Waals surface area contributed by atoms with Crippen LogP contribution >= 0.6 is 0 Å². The Kier molecular flexibility index (Phi) is 3.38. The van der Waals surface area contributed by atoms with Gasteiger partial charge in [0.05, 0.1) is 0 Å². The van der Waals surface area contributed by atoms with Gasteiger partial charge in [-0.2, -0.15) is 0 Å². The molecule has 0 heterocycles. The molecule has 1 heteroatoms. The maximum absolute atomic E-state index is 8.41. The van der Waals surface area contributed by atoms with Gasteiger partial charge in [-0.1, -0.05) is 32.5 Å². The Morgan fingerprint density at radius 1 is 1.25 bits per heavy atom. The average molecular weight is 119 g/mol. The normalized spacial score (nSPS) is 16.9. The molecule has 8 heavy (non-hydrogen) atoms. The summed E-state index contributed by atoms with van der Waals surface area (Å²) in [4.78, 5) is 0. The largest absolute Gasteiger partial charge is 0.396 e. The molecule has 0 saturated carbocycles. The van der Waals surface area contributed by atoms with E-state index in [1.807, 2.05) is 0 Å². The van der Waals surface area contributed by atoms with E-state index in [1.165, 1.54) is 0 Å². The molecule has 0 amide bonds. The first-order chi connectivity index (χ1) is 5.06. The number of unbranched alkanes of at least 4 members (excludes halogenated alkanes) is 3. The van der Waals surface area contributed by atoms with Gasteiger partial charge >= 0.3 is 0 Å². The molecular weight excluding hydrogens is 100 g/mol. The van der Waals surface area contributed by atoms with Crippen molar-refractivity contribution in [2.75, 3.05) is 6.61 Å². The minimum Gasteiger partial charge on any atom is -0.396 e. The van der Waals surface area contributed by atoms with Crippen LogP contribution in [-0.4, -0.2) is 11.7 Å². The van der Waals surface area contributed by atoms with E-state index < -0.39 is 6.85 Å². The van der Waals surface area contributed by atoms with Crippen molar-refractivity contribution in [2.45, 2.75) is 39.0 Å². The first kappa shape index (κ1) is 3.89. The Balaban J connectivity index is 3.02. The van der Waals surface area contributed by atoms with Crippen molar-refractivity contribution in [3.8, 4) is 0 Å². The van der Waals surface area contributed by atoms with Crippen LogP contribution in [0.3, 0.4) is 0 Å². The number of hydrogen-bond acceptors (Lipinski definition) is 1. The van der Waals surface area contributed by atoms with Gasteiger partial charge in [0.15, 0.2) is 0 Å². The summed E-state index contributed by atoms with van der Waals surface area (Å²) in [6.07, 6.45) is 3.70. The summed E-state index contributed by atoms with van der Waals surface area (Å²) in [7, 11) is 0. The van der Waals surface area contributed by atoms with Crippen LogP contribution in [0, 0.1) is 0 Å². The highest BCUT2D eigenvalue weighted by Gasteiger charge is 1.84. The first-order valence-corrected chi connectivity index (χ1v) is 3.17. The number of aliphatic hydroxyl groups is 1. The summed E-state index contributed by atoms with van der Waals surface area (Å²) >= 11 is 0. The van der Waals surface area contributed by atoms with Gasteiger partial charge in [0.1, 0.15) is 0 Å². The molecule has 0 unspecified atom stereocenters. The van der Waals surface area contributed by atoms with Crippen molar-refractivity contribution < 1.29 is 9.22 Å². The fourth-order valence-corrected chi connectivity index (χ4v) is 0.590.